The number of aliphatic carboxylic acids is 1. The number of carboxylic acids is 1. The van der Waals surface area contributed by atoms with Gasteiger partial charge in [-0.1, -0.05) is 11.6 Å². The quantitative estimate of drug-likeness (QED) is 0.882. The second-order valence-electron chi connectivity index (χ2n) is 4.94. The van der Waals surface area contributed by atoms with Crippen LogP contribution in [-0.2, 0) is 9.53 Å². The summed E-state index contributed by atoms with van der Waals surface area (Å²) in [6.45, 7) is 2.55. The van der Waals surface area contributed by atoms with Gasteiger partial charge in [0.1, 0.15) is 5.54 Å². The van der Waals surface area contributed by atoms with Gasteiger partial charge >= 0.3 is 5.97 Å². The van der Waals surface area contributed by atoms with Crippen molar-refractivity contribution in [3.8, 4) is 0 Å². The van der Waals surface area contributed by atoms with E-state index in [1.165, 1.54) is 0 Å². The molecule has 0 radical (unpaired) electrons. The molecule has 1 saturated heterocycles. The van der Waals surface area contributed by atoms with E-state index >= 15 is 0 Å². The van der Waals surface area contributed by atoms with Crippen LogP contribution in [0.15, 0.2) is 22.7 Å². The maximum Gasteiger partial charge on any atom is 0.329 e. The molecule has 1 aromatic carbocycles. The van der Waals surface area contributed by atoms with Crippen LogP contribution < -0.4 is 5.32 Å². The Hall–Kier alpha value is -1.40. The average molecular weight is 342 g/mol. The summed E-state index contributed by atoms with van der Waals surface area (Å²) in [6.07, 6.45) is 0.551. The molecule has 1 aliphatic rings. The molecule has 2 rings (SSSR count). The van der Waals surface area contributed by atoms with E-state index in [4.69, 9.17) is 4.74 Å². The minimum atomic E-state index is -1.24. The number of ether oxygens (including phenoxy) is 1. The monoisotopic (exact) mass is 341 g/mol. The number of aryl methyl sites for hydroxylation is 1. The predicted molar refractivity (Wildman–Crippen MR) is 76.8 cm³/mol. The second-order valence-corrected chi connectivity index (χ2v) is 5.79. The van der Waals surface area contributed by atoms with Crippen molar-refractivity contribution in [1.29, 1.82) is 0 Å². The van der Waals surface area contributed by atoms with E-state index in [2.05, 4.69) is 21.2 Å². The van der Waals surface area contributed by atoms with Crippen LogP contribution in [0.2, 0.25) is 0 Å². The van der Waals surface area contributed by atoms with Gasteiger partial charge in [-0.25, -0.2) is 4.79 Å². The molecule has 1 aliphatic heterocycles. The summed E-state index contributed by atoms with van der Waals surface area (Å²) < 4.78 is 5.83. The van der Waals surface area contributed by atoms with E-state index in [1.807, 2.05) is 13.0 Å². The van der Waals surface area contributed by atoms with Crippen molar-refractivity contribution in [2.24, 2.45) is 0 Å². The summed E-state index contributed by atoms with van der Waals surface area (Å²) in [5, 5.41) is 12.1. The van der Waals surface area contributed by atoms with Gasteiger partial charge in [-0.05, 0) is 35.0 Å². The van der Waals surface area contributed by atoms with Gasteiger partial charge in [0.25, 0.3) is 5.91 Å². The molecule has 0 aromatic heterocycles. The van der Waals surface area contributed by atoms with Crippen LogP contribution in [-0.4, -0.2) is 35.7 Å². The molecule has 0 atom stereocenters. The summed E-state index contributed by atoms with van der Waals surface area (Å²) >= 11 is 3.32. The Morgan fingerprint density at radius 1 is 1.35 bits per heavy atom. The van der Waals surface area contributed by atoms with Gasteiger partial charge in [-0.15, -0.1) is 0 Å². The number of hydrogen-bond acceptors (Lipinski definition) is 3. The number of nitrogens with one attached hydrogen (secondary N) is 1. The minimum absolute atomic E-state index is 0.275. The minimum Gasteiger partial charge on any atom is -0.480 e. The van der Waals surface area contributed by atoms with E-state index in [0.29, 0.717) is 23.2 Å². The largest absolute Gasteiger partial charge is 0.480 e. The van der Waals surface area contributed by atoms with Crippen LogP contribution in [0.5, 0.6) is 0 Å². The highest BCUT2D eigenvalue weighted by molar-refractivity contribution is 9.10. The Morgan fingerprint density at radius 2 is 2.00 bits per heavy atom. The van der Waals surface area contributed by atoms with Crippen LogP contribution in [0, 0.1) is 6.92 Å². The lowest BCUT2D eigenvalue weighted by Gasteiger charge is -2.34. The fourth-order valence-electron chi connectivity index (χ4n) is 2.21. The molecular weight excluding hydrogens is 326 g/mol. The summed E-state index contributed by atoms with van der Waals surface area (Å²) in [5.74, 6) is -1.40. The van der Waals surface area contributed by atoms with Gasteiger partial charge in [0.2, 0.25) is 0 Å². The molecular formula is C14H16BrNO4. The van der Waals surface area contributed by atoms with E-state index in [1.54, 1.807) is 12.1 Å². The van der Waals surface area contributed by atoms with E-state index in [-0.39, 0.29) is 18.7 Å². The second kappa shape index (κ2) is 5.93. The Kier molecular flexibility index (Phi) is 4.45. The molecule has 108 valence electrons. The Bertz CT molecular complexity index is 538. The molecule has 1 fully saturated rings. The first kappa shape index (κ1) is 15.0. The number of carboxylic acid groups (broad SMARTS) is 1. The molecule has 0 aliphatic carbocycles. The normalized spacial score (nSPS) is 17.5. The first-order valence-corrected chi connectivity index (χ1v) is 7.14. The summed E-state index contributed by atoms with van der Waals surface area (Å²) in [7, 11) is 0. The van der Waals surface area contributed by atoms with Gasteiger partial charge in [-0.2, -0.15) is 0 Å². The van der Waals surface area contributed by atoms with Crippen molar-refractivity contribution < 1.29 is 19.4 Å². The number of benzene rings is 1. The highest BCUT2D eigenvalue weighted by Crippen LogP contribution is 2.24. The average Bonchev–Trinajstić information content (AvgIpc) is 2.42. The smallest absolute Gasteiger partial charge is 0.329 e. The van der Waals surface area contributed by atoms with E-state index in [9.17, 15) is 14.7 Å². The van der Waals surface area contributed by atoms with Crippen LogP contribution in [0.25, 0.3) is 0 Å². The highest BCUT2D eigenvalue weighted by atomic mass is 79.9. The number of carbonyl (C=O) groups is 2. The van der Waals surface area contributed by atoms with Gasteiger partial charge in [-0.3, -0.25) is 4.79 Å². The van der Waals surface area contributed by atoms with Crippen molar-refractivity contribution in [1.82, 2.24) is 5.32 Å². The molecule has 0 spiro atoms. The van der Waals surface area contributed by atoms with Crippen LogP contribution in [0.4, 0.5) is 0 Å². The van der Waals surface area contributed by atoms with Crippen molar-refractivity contribution in [3.63, 3.8) is 0 Å². The standard InChI is InChI=1S/C14H16BrNO4/c1-9-2-3-11(15)10(8-9)12(17)16-14(13(18)19)4-6-20-7-5-14/h2-3,8H,4-7H2,1H3,(H,16,17)(H,18,19). The predicted octanol–water partition coefficient (Wildman–Crippen LogP) is 2.12. The number of rotatable bonds is 3. The third-order valence-electron chi connectivity index (χ3n) is 3.48. The van der Waals surface area contributed by atoms with E-state index < -0.39 is 11.5 Å². The zero-order valence-electron chi connectivity index (χ0n) is 11.1. The molecule has 0 bridgehead atoms. The van der Waals surface area contributed by atoms with Crippen molar-refractivity contribution in [2.45, 2.75) is 25.3 Å². The molecule has 0 unspecified atom stereocenters. The molecule has 1 heterocycles. The first-order chi connectivity index (χ1) is 9.44. The summed E-state index contributed by atoms with van der Waals surface area (Å²) in [4.78, 5) is 23.9. The Balaban J connectivity index is 2.24. The summed E-state index contributed by atoms with van der Waals surface area (Å²) in [6, 6.07) is 5.39. The maximum atomic E-state index is 12.4. The zero-order chi connectivity index (χ0) is 14.8. The van der Waals surface area contributed by atoms with Crippen molar-refractivity contribution in [2.75, 3.05) is 13.2 Å². The lowest BCUT2D eigenvalue weighted by molar-refractivity contribution is -0.148. The van der Waals surface area contributed by atoms with Crippen molar-refractivity contribution >= 4 is 27.8 Å². The number of halogens is 1. The van der Waals surface area contributed by atoms with Gasteiger partial charge in [0.05, 0.1) is 5.56 Å². The fourth-order valence-corrected chi connectivity index (χ4v) is 2.64. The number of hydrogen-bond donors (Lipinski definition) is 2. The molecule has 1 aromatic rings. The topological polar surface area (TPSA) is 75.6 Å². The maximum absolute atomic E-state index is 12.4. The van der Waals surface area contributed by atoms with Crippen LogP contribution in [0.1, 0.15) is 28.8 Å². The molecule has 0 saturated carbocycles. The SMILES string of the molecule is Cc1ccc(Br)c(C(=O)NC2(C(=O)O)CCOCC2)c1. The van der Waals surface area contributed by atoms with E-state index in [0.717, 1.165) is 5.56 Å². The third-order valence-corrected chi connectivity index (χ3v) is 4.17. The zero-order valence-corrected chi connectivity index (χ0v) is 12.7. The van der Waals surface area contributed by atoms with Gasteiger partial charge in [0, 0.05) is 30.5 Å². The lowest BCUT2D eigenvalue weighted by atomic mass is 9.89. The van der Waals surface area contributed by atoms with Gasteiger partial charge < -0.3 is 15.2 Å². The molecule has 5 nitrogen and oxygen atoms in total. The summed E-state index contributed by atoms with van der Waals surface area (Å²) in [5.41, 5.74) is 0.144. The highest BCUT2D eigenvalue weighted by Gasteiger charge is 2.41. The number of carbonyl (C=O) groups excluding carboxylic acids is 1. The Morgan fingerprint density at radius 3 is 2.60 bits per heavy atom. The van der Waals surface area contributed by atoms with Gasteiger partial charge in [0.15, 0.2) is 0 Å². The van der Waals surface area contributed by atoms with Crippen molar-refractivity contribution in [3.05, 3.63) is 33.8 Å². The Labute approximate surface area is 125 Å². The first-order valence-electron chi connectivity index (χ1n) is 6.34. The number of amides is 1. The molecule has 1 amide bonds. The molecule has 2 N–H and O–H groups in total. The fraction of sp³-hybridized carbons (Fsp3) is 0.429. The molecule has 6 heteroatoms. The van der Waals surface area contributed by atoms with Crippen LogP contribution >= 0.6 is 15.9 Å². The third kappa shape index (κ3) is 3.02. The molecule has 20 heavy (non-hydrogen) atoms. The van der Waals surface area contributed by atoms with Crippen LogP contribution in [0.3, 0.4) is 0 Å². The lowest BCUT2D eigenvalue weighted by Crippen LogP contribution is -2.57.